The summed E-state index contributed by atoms with van der Waals surface area (Å²) >= 11 is 0. The standard InChI is InChI=1S/C12H14F3NO/c1-7-6-17-5-4-9(7)16-10-3-2-8(13)11(14)12(10)15/h2-3,7,9,16H,4-6H2,1H3. The minimum Gasteiger partial charge on any atom is -0.381 e. The molecule has 0 bridgehead atoms. The monoisotopic (exact) mass is 245 g/mol. The van der Waals surface area contributed by atoms with Gasteiger partial charge in [0.05, 0.1) is 12.3 Å². The van der Waals surface area contributed by atoms with Gasteiger partial charge in [0.25, 0.3) is 0 Å². The van der Waals surface area contributed by atoms with Crippen molar-refractivity contribution in [1.29, 1.82) is 0 Å². The molecule has 2 nitrogen and oxygen atoms in total. The molecule has 1 aromatic carbocycles. The molecular weight excluding hydrogens is 231 g/mol. The minimum atomic E-state index is -1.44. The maximum atomic E-state index is 13.4. The van der Waals surface area contributed by atoms with Crippen LogP contribution in [0.2, 0.25) is 0 Å². The van der Waals surface area contributed by atoms with E-state index in [0.717, 1.165) is 12.5 Å². The Kier molecular flexibility index (Phi) is 3.57. The van der Waals surface area contributed by atoms with E-state index in [1.165, 1.54) is 6.07 Å². The van der Waals surface area contributed by atoms with Crippen molar-refractivity contribution in [2.45, 2.75) is 19.4 Å². The Balaban J connectivity index is 2.15. The number of anilines is 1. The van der Waals surface area contributed by atoms with Gasteiger partial charge in [0, 0.05) is 12.6 Å². The number of rotatable bonds is 2. The third-order valence-electron chi connectivity index (χ3n) is 3.02. The Morgan fingerprint density at radius 3 is 2.71 bits per heavy atom. The van der Waals surface area contributed by atoms with Gasteiger partial charge < -0.3 is 10.1 Å². The third-order valence-corrected chi connectivity index (χ3v) is 3.02. The van der Waals surface area contributed by atoms with Crippen LogP contribution in [0.1, 0.15) is 13.3 Å². The highest BCUT2D eigenvalue weighted by Crippen LogP contribution is 2.24. The maximum absolute atomic E-state index is 13.4. The highest BCUT2D eigenvalue weighted by atomic mass is 19.2. The number of ether oxygens (including phenoxy) is 1. The van der Waals surface area contributed by atoms with E-state index in [-0.39, 0.29) is 17.6 Å². The van der Waals surface area contributed by atoms with Gasteiger partial charge in [-0.1, -0.05) is 6.92 Å². The lowest BCUT2D eigenvalue weighted by Gasteiger charge is -2.30. The van der Waals surface area contributed by atoms with E-state index in [1.807, 2.05) is 6.92 Å². The van der Waals surface area contributed by atoms with E-state index in [4.69, 9.17) is 4.74 Å². The third kappa shape index (κ3) is 2.54. The molecule has 5 heteroatoms. The Bertz CT molecular complexity index is 411. The van der Waals surface area contributed by atoms with Crippen LogP contribution in [-0.2, 0) is 4.74 Å². The van der Waals surface area contributed by atoms with E-state index in [1.54, 1.807) is 0 Å². The lowest BCUT2D eigenvalue weighted by Crippen LogP contribution is -2.36. The van der Waals surface area contributed by atoms with Gasteiger partial charge in [0.15, 0.2) is 17.5 Å². The molecule has 2 rings (SSSR count). The number of benzene rings is 1. The Morgan fingerprint density at radius 2 is 2.00 bits per heavy atom. The zero-order chi connectivity index (χ0) is 12.4. The fraction of sp³-hybridized carbons (Fsp3) is 0.500. The van der Waals surface area contributed by atoms with Crippen LogP contribution >= 0.6 is 0 Å². The maximum Gasteiger partial charge on any atom is 0.196 e. The summed E-state index contributed by atoms with van der Waals surface area (Å²) in [6.07, 6.45) is 0.722. The number of hydrogen-bond donors (Lipinski definition) is 1. The van der Waals surface area contributed by atoms with Crippen LogP contribution in [0.5, 0.6) is 0 Å². The van der Waals surface area contributed by atoms with Gasteiger partial charge in [-0.2, -0.15) is 0 Å². The molecule has 2 unspecified atom stereocenters. The number of halogens is 3. The van der Waals surface area contributed by atoms with Gasteiger partial charge >= 0.3 is 0 Å². The van der Waals surface area contributed by atoms with Gasteiger partial charge in [-0.25, -0.2) is 13.2 Å². The summed E-state index contributed by atoms with van der Waals surface area (Å²) < 4.78 is 44.5. The van der Waals surface area contributed by atoms with Crippen molar-refractivity contribution >= 4 is 5.69 Å². The molecule has 2 atom stereocenters. The summed E-state index contributed by atoms with van der Waals surface area (Å²) in [5.41, 5.74) is 0.00245. The van der Waals surface area contributed by atoms with Crippen LogP contribution in [0.15, 0.2) is 12.1 Å². The van der Waals surface area contributed by atoms with Crippen LogP contribution in [-0.4, -0.2) is 19.3 Å². The highest BCUT2D eigenvalue weighted by Gasteiger charge is 2.23. The zero-order valence-corrected chi connectivity index (χ0v) is 9.47. The van der Waals surface area contributed by atoms with Crippen molar-refractivity contribution in [2.75, 3.05) is 18.5 Å². The van der Waals surface area contributed by atoms with Gasteiger partial charge in [0.1, 0.15) is 0 Å². The highest BCUT2D eigenvalue weighted by molar-refractivity contribution is 5.46. The van der Waals surface area contributed by atoms with Crippen molar-refractivity contribution in [3.8, 4) is 0 Å². The van der Waals surface area contributed by atoms with E-state index in [9.17, 15) is 13.2 Å². The van der Waals surface area contributed by atoms with E-state index < -0.39 is 17.5 Å². The lowest BCUT2D eigenvalue weighted by atomic mass is 9.97. The normalized spacial score (nSPS) is 24.7. The average Bonchev–Trinajstić information content (AvgIpc) is 2.32. The Morgan fingerprint density at radius 1 is 1.24 bits per heavy atom. The van der Waals surface area contributed by atoms with E-state index in [2.05, 4.69) is 5.32 Å². The summed E-state index contributed by atoms with van der Waals surface area (Å²) in [5.74, 6) is -3.57. The van der Waals surface area contributed by atoms with Crippen LogP contribution in [0.3, 0.4) is 0 Å². The smallest absolute Gasteiger partial charge is 0.196 e. The van der Waals surface area contributed by atoms with Crippen LogP contribution < -0.4 is 5.32 Å². The fourth-order valence-electron chi connectivity index (χ4n) is 1.93. The van der Waals surface area contributed by atoms with Gasteiger partial charge in [0.2, 0.25) is 0 Å². The van der Waals surface area contributed by atoms with Gasteiger partial charge in [-0.05, 0) is 24.5 Å². The average molecular weight is 245 g/mol. The van der Waals surface area contributed by atoms with Crippen LogP contribution in [0.25, 0.3) is 0 Å². The lowest BCUT2D eigenvalue weighted by molar-refractivity contribution is 0.0537. The SMILES string of the molecule is CC1COCCC1Nc1ccc(F)c(F)c1F. The molecule has 1 fully saturated rings. The molecule has 0 spiro atoms. The number of nitrogens with one attached hydrogen (secondary N) is 1. The summed E-state index contributed by atoms with van der Waals surface area (Å²) in [6, 6.07) is 2.16. The summed E-state index contributed by atoms with van der Waals surface area (Å²) in [4.78, 5) is 0. The van der Waals surface area contributed by atoms with Crippen molar-refractivity contribution in [2.24, 2.45) is 5.92 Å². The zero-order valence-electron chi connectivity index (χ0n) is 9.47. The molecule has 0 radical (unpaired) electrons. The van der Waals surface area contributed by atoms with Crippen molar-refractivity contribution in [3.63, 3.8) is 0 Å². The molecule has 1 aliphatic heterocycles. The largest absolute Gasteiger partial charge is 0.381 e. The number of hydrogen-bond acceptors (Lipinski definition) is 2. The molecule has 1 aromatic rings. The van der Waals surface area contributed by atoms with Crippen LogP contribution in [0, 0.1) is 23.4 Å². The topological polar surface area (TPSA) is 21.3 Å². The molecule has 0 aliphatic carbocycles. The second-order valence-electron chi connectivity index (χ2n) is 4.31. The Hall–Kier alpha value is -1.23. The van der Waals surface area contributed by atoms with Gasteiger partial charge in [-0.3, -0.25) is 0 Å². The van der Waals surface area contributed by atoms with Crippen LogP contribution in [0.4, 0.5) is 18.9 Å². The molecule has 17 heavy (non-hydrogen) atoms. The predicted molar refractivity (Wildman–Crippen MR) is 58.3 cm³/mol. The fourth-order valence-corrected chi connectivity index (χ4v) is 1.93. The van der Waals surface area contributed by atoms with E-state index in [0.29, 0.717) is 13.2 Å². The molecule has 1 heterocycles. The second kappa shape index (κ2) is 4.96. The predicted octanol–water partition coefficient (Wildman–Crippen LogP) is 2.94. The minimum absolute atomic E-state index is 0.00245. The first-order valence-electron chi connectivity index (χ1n) is 5.57. The Labute approximate surface area is 97.8 Å². The first-order valence-corrected chi connectivity index (χ1v) is 5.57. The quantitative estimate of drug-likeness (QED) is 0.809. The molecule has 94 valence electrons. The first kappa shape index (κ1) is 12.2. The molecule has 1 saturated heterocycles. The summed E-state index contributed by atoms with van der Waals surface area (Å²) in [5, 5.41) is 2.91. The van der Waals surface area contributed by atoms with Gasteiger partial charge in [-0.15, -0.1) is 0 Å². The van der Waals surface area contributed by atoms with Crippen molar-refractivity contribution in [3.05, 3.63) is 29.6 Å². The molecule has 1 N–H and O–H groups in total. The first-order chi connectivity index (χ1) is 8.09. The van der Waals surface area contributed by atoms with Crippen molar-refractivity contribution < 1.29 is 17.9 Å². The second-order valence-corrected chi connectivity index (χ2v) is 4.31. The molecule has 0 saturated carbocycles. The van der Waals surface area contributed by atoms with E-state index >= 15 is 0 Å². The summed E-state index contributed by atoms with van der Waals surface area (Å²) in [6.45, 7) is 3.14. The van der Waals surface area contributed by atoms with Crippen molar-refractivity contribution in [1.82, 2.24) is 0 Å². The molecular formula is C12H14F3NO. The molecule has 0 aromatic heterocycles. The molecule has 1 aliphatic rings. The summed E-state index contributed by atoms with van der Waals surface area (Å²) in [7, 11) is 0. The molecule has 0 amide bonds.